The van der Waals surface area contributed by atoms with Gasteiger partial charge in [0.1, 0.15) is 5.82 Å². The molecule has 0 radical (unpaired) electrons. The molecule has 84 valence electrons. The number of aryl methyl sites for hydroxylation is 1. The molecule has 0 atom stereocenters. The van der Waals surface area contributed by atoms with Gasteiger partial charge in [0.25, 0.3) is 0 Å². The van der Waals surface area contributed by atoms with Gasteiger partial charge in [0.05, 0.1) is 6.54 Å². The van der Waals surface area contributed by atoms with Gasteiger partial charge in [0.15, 0.2) is 0 Å². The van der Waals surface area contributed by atoms with E-state index >= 15 is 0 Å². The molecule has 0 spiro atoms. The van der Waals surface area contributed by atoms with Crippen molar-refractivity contribution in [3.8, 4) is 0 Å². The molecule has 0 fully saturated rings. The molecule has 3 aromatic rings. The quantitative estimate of drug-likeness (QED) is 0.668. The van der Waals surface area contributed by atoms with Crippen LogP contribution in [0.3, 0.4) is 0 Å². The summed E-state index contributed by atoms with van der Waals surface area (Å²) in [6.45, 7) is 2.84. The Morgan fingerprint density at radius 3 is 2.65 bits per heavy atom. The smallest absolute Gasteiger partial charge is 0.147 e. The van der Waals surface area contributed by atoms with Crippen LogP contribution in [0.5, 0.6) is 0 Å². The van der Waals surface area contributed by atoms with Crippen LogP contribution in [0.4, 0.5) is 0 Å². The number of rotatable bonds is 2. The van der Waals surface area contributed by atoms with Gasteiger partial charge < -0.3 is 4.57 Å². The molecule has 0 N–H and O–H groups in total. The lowest BCUT2D eigenvalue weighted by atomic mass is 10.2. The van der Waals surface area contributed by atoms with E-state index in [-0.39, 0.29) is 0 Å². The van der Waals surface area contributed by atoms with Crippen LogP contribution in [-0.4, -0.2) is 14.5 Å². The first-order chi connectivity index (χ1) is 8.34. The molecule has 2 heterocycles. The Balaban J connectivity index is 2.08. The minimum absolute atomic E-state index is 0.722. The first-order valence-electron chi connectivity index (χ1n) is 5.65. The van der Waals surface area contributed by atoms with Crippen LogP contribution in [0.1, 0.15) is 11.5 Å². The maximum Gasteiger partial charge on any atom is 0.147 e. The normalized spacial score (nSPS) is 10.9. The number of benzene rings is 1. The lowest BCUT2D eigenvalue weighted by molar-refractivity contribution is 0.749. The predicted molar refractivity (Wildman–Crippen MR) is 67.8 cm³/mol. The number of nitrogens with zero attached hydrogens (tertiary/aromatic N) is 3. The number of fused-ring (bicyclic) bond motifs is 1. The molecule has 3 rings (SSSR count). The van der Waals surface area contributed by atoms with Gasteiger partial charge in [-0.05, 0) is 30.5 Å². The maximum atomic E-state index is 4.27. The van der Waals surface area contributed by atoms with Gasteiger partial charge in [-0.2, -0.15) is 0 Å². The fraction of sp³-hybridized carbons (Fsp3) is 0.143. The molecule has 0 aliphatic heterocycles. The second-order valence-corrected chi connectivity index (χ2v) is 4.10. The van der Waals surface area contributed by atoms with Crippen LogP contribution in [0.25, 0.3) is 10.9 Å². The molecule has 17 heavy (non-hydrogen) atoms. The molecule has 0 saturated heterocycles. The van der Waals surface area contributed by atoms with E-state index in [1.165, 1.54) is 16.6 Å². The fourth-order valence-corrected chi connectivity index (χ4v) is 2.11. The molecule has 2 aromatic heterocycles. The zero-order valence-corrected chi connectivity index (χ0v) is 9.67. The van der Waals surface area contributed by atoms with Crippen molar-refractivity contribution in [2.24, 2.45) is 0 Å². The van der Waals surface area contributed by atoms with Gasteiger partial charge in [-0.3, -0.25) is 0 Å². The van der Waals surface area contributed by atoms with E-state index in [2.05, 4.69) is 51.8 Å². The van der Waals surface area contributed by atoms with E-state index in [4.69, 9.17) is 0 Å². The predicted octanol–water partition coefficient (Wildman–Crippen LogP) is 2.79. The van der Waals surface area contributed by atoms with Crippen molar-refractivity contribution in [3.05, 3.63) is 60.3 Å². The highest BCUT2D eigenvalue weighted by Gasteiger charge is 2.06. The second kappa shape index (κ2) is 4.01. The molecule has 1 aromatic carbocycles. The molecule has 0 saturated carbocycles. The van der Waals surface area contributed by atoms with E-state index < -0.39 is 0 Å². The lowest BCUT2D eigenvalue weighted by Gasteiger charge is -2.06. The number of para-hydroxylation sites is 1. The summed E-state index contributed by atoms with van der Waals surface area (Å²) in [5.41, 5.74) is 2.47. The van der Waals surface area contributed by atoms with E-state index in [9.17, 15) is 0 Å². The summed E-state index contributed by atoms with van der Waals surface area (Å²) in [6.07, 6.45) is 3.56. The van der Waals surface area contributed by atoms with Gasteiger partial charge in [0.2, 0.25) is 0 Å². The first-order valence-corrected chi connectivity index (χ1v) is 5.65. The number of aromatic nitrogens is 3. The molecule has 0 aliphatic rings. The Morgan fingerprint density at radius 2 is 1.82 bits per heavy atom. The monoisotopic (exact) mass is 223 g/mol. The summed E-state index contributed by atoms with van der Waals surface area (Å²) in [6, 6.07) is 12.4. The molecular formula is C14H13N3. The average molecular weight is 223 g/mol. The van der Waals surface area contributed by atoms with Crippen molar-refractivity contribution in [2.75, 3.05) is 0 Å². The fourth-order valence-electron chi connectivity index (χ4n) is 2.11. The van der Waals surface area contributed by atoms with Gasteiger partial charge in [-0.25, -0.2) is 9.97 Å². The van der Waals surface area contributed by atoms with Gasteiger partial charge in [-0.15, -0.1) is 0 Å². The molecular weight excluding hydrogens is 210 g/mol. The largest absolute Gasteiger partial charge is 0.337 e. The van der Waals surface area contributed by atoms with Crippen molar-refractivity contribution in [1.82, 2.24) is 14.5 Å². The molecule has 0 unspecified atom stereocenters. The van der Waals surface area contributed by atoms with Gasteiger partial charge in [-0.1, -0.05) is 18.2 Å². The Morgan fingerprint density at radius 1 is 1.06 bits per heavy atom. The minimum atomic E-state index is 0.722. The van der Waals surface area contributed by atoms with Crippen LogP contribution in [0, 0.1) is 6.92 Å². The van der Waals surface area contributed by atoms with Crippen molar-refractivity contribution >= 4 is 10.9 Å². The zero-order chi connectivity index (χ0) is 11.7. The van der Waals surface area contributed by atoms with Crippen molar-refractivity contribution in [1.29, 1.82) is 0 Å². The molecule has 0 amide bonds. The third-order valence-electron chi connectivity index (χ3n) is 2.94. The Labute approximate surface area is 99.8 Å². The Kier molecular flexibility index (Phi) is 2.37. The van der Waals surface area contributed by atoms with Crippen LogP contribution < -0.4 is 0 Å². The highest BCUT2D eigenvalue weighted by molar-refractivity contribution is 5.81. The zero-order valence-electron chi connectivity index (χ0n) is 9.67. The molecule has 3 heteroatoms. The first kappa shape index (κ1) is 10.0. The highest BCUT2D eigenvalue weighted by Crippen LogP contribution is 2.19. The lowest BCUT2D eigenvalue weighted by Crippen LogP contribution is -2.04. The summed E-state index contributed by atoms with van der Waals surface area (Å²) in [7, 11) is 0. The van der Waals surface area contributed by atoms with Crippen LogP contribution in [-0.2, 0) is 6.54 Å². The van der Waals surface area contributed by atoms with E-state index in [1.54, 1.807) is 12.4 Å². The Bertz CT molecular complexity index is 641. The SMILES string of the molecule is Cc1cc2ccccc2n1Cc1ncccn1. The van der Waals surface area contributed by atoms with Crippen molar-refractivity contribution < 1.29 is 0 Å². The average Bonchev–Trinajstić information content (AvgIpc) is 2.68. The second-order valence-electron chi connectivity index (χ2n) is 4.10. The van der Waals surface area contributed by atoms with Crippen molar-refractivity contribution in [3.63, 3.8) is 0 Å². The minimum Gasteiger partial charge on any atom is -0.337 e. The third kappa shape index (κ3) is 1.80. The summed E-state index contributed by atoms with van der Waals surface area (Å²) in [5.74, 6) is 0.844. The standard InChI is InChI=1S/C14H13N3/c1-11-9-12-5-2-3-6-13(12)17(11)10-14-15-7-4-8-16-14/h2-9H,10H2,1H3. The molecule has 0 bridgehead atoms. The number of hydrogen-bond acceptors (Lipinski definition) is 2. The summed E-state index contributed by atoms with van der Waals surface area (Å²) in [5, 5.41) is 1.26. The van der Waals surface area contributed by atoms with Crippen LogP contribution >= 0.6 is 0 Å². The molecule has 3 nitrogen and oxygen atoms in total. The summed E-state index contributed by atoms with van der Waals surface area (Å²) in [4.78, 5) is 8.54. The highest BCUT2D eigenvalue weighted by atomic mass is 15.0. The van der Waals surface area contributed by atoms with E-state index in [0.717, 1.165) is 12.4 Å². The van der Waals surface area contributed by atoms with Crippen molar-refractivity contribution in [2.45, 2.75) is 13.5 Å². The maximum absolute atomic E-state index is 4.27. The van der Waals surface area contributed by atoms with Gasteiger partial charge in [0, 0.05) is 23.6 Å². The Hall–Kier alpha value is -2.16. The molecule has 0 aliphatic carbocycles. The summed E-state index contributed by atoms with van der Waals surface area (Å²) < 4.78 is 2.24. The van der Waals surface area contributed by atoms with E-state index in [1.807, 2.05) is 6.07 Å². The van der Waals surface area contributed by atoms with Crippen LogP contribution in [0.2, 0.25) is 0 Å². The van der Waals surface area contributed by atoms with Gasteiger partial charge >= 0.3 is 0 Å². The van der Waals surface area contributed by atoms with E-state index in [0.29, 0.717) is 0 Å². The topological polar surface area (TPSA) is 30.7 Å². The third-order valence-corrected chi connectivity index (χ3v) is 2.94. The summed E-state index contributed by atoms with van der Waals surface area (Å²) >= 11 is 0. The van der Waals surface area contributed by atoms with Crippen LogP contribution in [0.15, 0.2) is 48.8 Å². The number of hydrogen-bond donors (Lipinski definition) is 0.